The Morgan fingerprint density at radius 3 is 2.46 bits per heavy atom. The second kappa shape index (κ2) is 9.03. The monoisotopic (exact) mass is 477 g/mol. The number of hydrogen-bond acceptors (Lipinski definition) is 5. The average molecular weight is 478 g/mol. The van der Waals surface area contributed by atoms with E-state index in [4.69, 9.17) is 10.1 Å². The van der Waals surface area contributed by atoms with Crippen molar-refractivity contribution in [3.05, 3.63) is 45.8 Å². The molecule has 186 valence electrons. The van der Waals surface area contributed by atoms with Gasteiger partial charge in [0.25, 0.3) is 11.6 Å². The SMILES string of the molecule is O=C(c1cccc([N+](=O)[O-])c1)N1c2nc(C3CCCCC3)nn2C2(CCCCC2)C2CCCCC21. The summed E-state index contributed by atoms with van der Waals surface area (Å²) in [4.78, 5) is 32.1. The van der Waals surface area contributed by atoms with Gasteiger partial charge in [-0.15, -0.1) is 0 Å². The van der Waals surface area contributed by atoms with Gasteiger partial charge >= 0.3 is 0 Å². The maximum absolute atomic E-state index is 14.1. The molecular formula is C27H35N5O3. The van der Waals surface area contributed by atoms with Gasteiger partial charge in [-0.1, -0.05) is 57.4 Å². The van der Waals surface area contributed by atoms with Crippen molar-refractivity contribution in [1.82, 2.24) is 14.8 Å². The minimum atomic E-state index is -0.433. The number of rotatable bonds is 3. The Morgan fingerprint density at radius 2 is 1.69 bits per heavy atom. The smallest absolute Gasteiger partial charge is 0.270 e. The van der Waals surface area contributed by atoms with Crippen LogP contribution in [0.15, 0.2) is 24.3 Å². The van der Waals surface area contributed by atoms with Crippen LogP contribution in [0, 0.1) is 16.0 Å². The molecule has 1 aliphatic heterocycles. The molecule has 3 aliphatic carbocycles. The number of carbonyl (C=O) groups is 1. The Bertz CT molecular complexity index is 1120. The molecule has 0 radical (unpaired) electrons. The lowest BCUT2D eigenvalue weighted by molar-refractivity contribution is -0.384. The van der Waals surface area contributed by atoms with Gasteiger partial charge in [-0.2, -0.15) is 10.1 Å². The van der Waals surface area contributed by atoms with Crippen molar-refractivity contribution < 1.29 is 9.72 Å². The molecule has 2 heterocycles. The third-order valence-electron chi connectivity index (χ3n) is 9.21. The summed E-state index contributed by atoms with van der Waals surface area (Å²) >= 11 is 0. The van der Waals surface area contributed by atoms with Gasteiger partial charge in [-0.3, -0.25) is 19.8 Å². The number of amides is 1. The summed E-state index contributed by atoms with van der Waals surface area (Å²) < 4.78 is 2.18. The van der Waals surface area contributed by atoms with Gasteiger partial charge in [0.1, 0.15) is 0 Å². The van der Waals surface area contributed by atoms with Crippen LogP contribution < -0.4 is 4.90 Å². The van der Waals surface area contributed by atoms with E-state index in [2.05, 4.69) is 4.68 Å². The molecule has 1 aromatic heterocycles. The zero-order valence-electron chi connectivity index (χ0n) is 20.4. The summed E-state index contributed by atoms with van der Waals surface area (Å²) in [5.74, 6) is 2.12. The molecule has 1 spiro atoms. The molecule has 8 heteroatoms. The Labute approximate surface area is 206 Å². The van der Waals surface area contributed by atoms with Crippen LogP contribution >= 0.6 is 0 Å². The standard InChI is InChI=1S/C27H35N5O3/c33-25(20-12-9-13-21(18-20)32(34)35)30-23-15-6-5-14-22(23)27(16-7-2-8-17-27)31-26(30)28-24(29-31)19-10-3-1-4-11-19/h9,12-13,18-19,22-23H,1-8,10-11,14-17H2. The number of nitro groups is 1. The number of aromatic nitrogens is 3. The quantitative estimate of drug-likeness (QED) is 0.392. The molecule has 2 unspecified atom stereocenters. The summed E-state index contributed by atoms with van der Waals surface area (Å²) in [6, 6.07) is 6.23. The first-order chi connectivity index (χ1) is 17.1. The zero-order chi connectivity index (χ0) is 24.0. The second-order valence-corrected chi connectivity index (χ2v) is 11.1. The minimum absolute atomic E-state index is 0.0545. The second-order valence-electron chi connectivity index (χ2n) is 11.1. The van der Waals surface area contributed by atoms with Gasteiger partial charge < -0.3 is 0 Å². The maximum atomic E-state index is 14.1. The van der Waals surface area contributed by atoms with E-state index in [9.17, 15) is 14.9 Å². The van der Waals surface area contributed by atoms with Crippen molar-refractivity contribution in [3.8, 4) is 0 Å². The molecule has 8 nitrogen and oxygen atoms in total. The minimum Gasteiger partial charge on any atom is -0.273 e. The third-order valence-corrected chi connectivity index (χ3v) is 9.21. The first-order valence-electron chi connectivity index (χ1n) is 13.6. The molecule has 1 amide bonds. The molecule has 0 saturated heterocycles. The number of anilines is 1. The van der Waals surface area contributed by atoms with E-state index in [1.54, 1.807) is 12.1 Å². The van der Waals surface area contributed by atoms with Crippen molar-refractivity contribution in [2.45, 2.75) is 107 Å². The van der Waals surface area contributed by atoms with Crippen molar-refractivity contribution >= 4 is 17.5 Å². The lowest BCUT2D eigenvalue weighted by Gasteiger charge is -2.55. The topological polar surface area (TPSA) is 94.2 Å². The van der Waals surface area contributed by atoms with E-state index in [0.717, 1.165) is 50.8 Å². The van der Waals surface area contributed by atoms with Gasteiger partial charge in [-0.25, -0.2) is 4.68 Å². The number of non-ortho nitro benzene ring substituents is 1. The molecule has 35 heavy (non-hydrogen) atoms. The van der Waals surface area contributed by atoms with Crippen LogP contribution in [0.4, 0.5) is 11.6 Å². The van der Waals surface area contributed by atoms with Crippen LogP contribution in [-0.2, 0) is 5.54 Å². The van der Waals surface area contributed by atoms with Gasteiger partial charge in [0.05, 0.1) is 10.5 Å². The number of fused-ring (bicyclic) bond motifs is 4. The molecule has 6 rings (SSSR count). The zero-order valence-corrected chi connectivity index (χ0v) is 20.4. The van der Waals surface area contributed by atoms with E-state index in [-0.39, 0.29) is 23.2 Å². The summed E-state index contributed by atoms with van der Waals surface area (Å²) in [5.41, 5.74) is 0.246. The molecular weight excluding hydrogens is 442 g/mol. The Morgan fingerprint density at radius 1 is 0.971 bits per heavy atom. The number of nitro benzene ring substituents is 1. The Kier molecular flexibility index (Phi) is 5.85. The summed E-state index contributed by atoms with van der Waals surface area (Å²) in [5, 5.41) is 16.6. The first-order valence-corrected chi connectivity index (χ1v) is 13.6. The van der Waals surface area contributed by atoms with Crippen molar-refractivity contribution in [2.75, 3.05) is 4.90 Å². The number of hydrogen-bond donors (Lipinski definition) is 0. The highest BCUT2D eigenvalue weighted by Gasteiger charge is 2.55. The van der Waals surface area contributed by atoms with E-state index >= 15 is 0 Å². The molecule has 2 atom stereocenters. The van der Waals surface area contributed by atoms with Gasteiger partial charge in [0.15, 0.2) is 5.82 Å². The van der Waals surface area contributed by atoms with E-state index in [0.29, 0.717) is 23.3 Å². The van der Waals surface area contributed by atoms with E-state index < -0.39 is 4.92 Å². The number of carbonyl (C=O) groups excluding carboxylic acids is 1. The lowest BCUT2D eigenvalue weighted by atomic mass is 9.64. The fourth-order valence-corrected chi connectivity index (χ4v) is 7.54. The van der Waals surface area contributed by atoms with Crippen LogP contribution in [0.5, 0.6) is 0 Å². The largest absolute Gasteiger partial charge is 0.273 e. The van der Waals surface area contributed by atoms with Crippen LogP contribution in [0.1, 0.15) is 112 Å². The van der Waals surface area contributed by atoms with Crippen LogP contribution in [-0.4, -0.2) is 31.6 Å². The first kappa shape index (κ1) is 22.7. The molecule has 0 N–H and O–H groups in total. The molecule has 0 bridgehead atoms. The van der Waals surface area contributed by atoms with E-state index in [1.165, 1.54) is 57.1 Å². The van der Waals surface area contributed by atoms with Gasteiger partial charge in [0.2, 0.25) is 5.95 Å². The van der Waals surface area contributed by atoms with Crippen LogP contribution in [0.3, 0.4) is 0 Å². The molecule has 2 aromatic rings. The fourth-order valence-electron chi connectivity index (χ4n) is 7.54. The highest BCUT2D eigenvalue weighted by molar-refractivity contribution is 6.06. The number of nitrogens with zero attached hydrogens (tertiary/aromatic N) is 5. The molecule has 3 fully saturated rings. The third kappa shape index (κ3) is 3.76. The average Bonchev–Trinajstić information content (AvgIpc) is 3.36. The summed E-state index contributed by atoms with van der Waals surface area (Å²) in [6.45, 7) is 0. The van der Waals surface area contributed by atoms with E-state index in [1.807, 2.05) is 4.90 Å². The van der Waals surface area contributed by atoms with Crippen molar-refractivity contribution in [1.29, 1.82) is 0 Å². The molecule has 3 saturated carbocycles. The predicted octanol–water partition coefficient (Wildman–Crippen LogP) is 6.11. The Balaban J connectivity index is 1.49. The lowest BCUT2D eigenvalue weighted by Crippen LogP contribution is -2.61. The summed E-state index contributed by atoms with van der Waals surface area (Å²) in [6.07, 6.45) is 16.1. The maximum Gasteiger partial charge on any atom is 0.270 e. The summed E-state index contributed by atoms with van der Waals surface area (Å²) in [7, 11) is 0. The molecule has 1 aromatic carbocycles. The van der Waals surface area contributed by atoms with Gasteiger partial charge in [-0.05, 0) is 44.6 Å². The van der Waals surface area contributed by atoms with Crippen LogP contribution in [0.25, 0.3) is 0 Å². The highest BCUT2D eigenvalue weighted by Crippen LogP contribution is 2.53. The van der Waals surface area contributed by atoms with Crippen molar-refractivity contribution in [3.63, 3.8) is 0 Å². The molecule has 4 aliphatic rings. The predicted molar refractivity (Wildman–Crippen MR) is 133 cm³/mol. The van der Waals surface area contributed by atoms with Crippen molar-refractivity contribution in [2.24, 2.45) is 5.92 Å². The van der Waals surface area contributed by atoms with Crippen LogP contribution in [0.2, 0.25) is 0 Å². The number of benzene rings is 1. The highest BCUT2D eigenvalue weighted by atomic mass is 16.6. The van der Waals surface area contributed by atoms with Gasteiger partial charge in [0, 0.05) is 35.6 Å². The fraction of sp³-hybridized carbons (Fsp3) is 0.667. The Hall–Kier alpha value is -2.77. The normalized spacial score (nSPS) is 26.2.